The highest BCUT2D eigenvalue weighted by atomic mass is 32.2. The van der Waals surface area contributed by atoms with E-state index in [1.54, 1.807) is 7.11 Å². The third kappa shape index (κ3) is 6.24. The number of benzene rings is 2. The number of hydrogen-bond acceptors (Lipinski definition) is 5. The van der Waals surface area contributed by atoms with Crippen molar-refractivity contribution in [3.8, 4) is 5.75 Å². The molecular weight excluding hydrogens is 454 g/mol. The Balaban J connectivity index is 1.56. The molecule has 2 N–H and O–H groups in total. The molecule has 1 aliphatic heterocycles. The summed E-state index contributed by atoms with van der Waals surface area (Å²) >= 11 is 0. The monoisotopic (exact) mass is 485 g/mol. The normalized spacial score (nSPS) is 18.6. The lowest BCUT2D eigenvalue weighted by atomic mass is 10.0. The van der Waals surface area contributed by atoms with Crippen molar-refractivity contribution in [1.29, 1.82) is 0 Å². The van der Waals surface area contributed by atoms with Crippen molar-refractivity contribution < 1.29 is 22.7 Å². The molecule has 1 fully saturated rings. The van der Waals surface area contributed by atoms with Gasteiger partial charge in [-0.25, -0.2) is 8.42 Å². The molecule has 2 amide bonds. The number of carbonyl (C=O) groups excluding carboxylic acids is 2. The van der Waals surface area contributed by atoms with Crippen LogP contribution in [0.4, 0.5) is 0 Å². The maximum atomic E-state index is 13.2. The predicted molar refractivity (Wildman–Crippen MR) is 130 cm³/mol. The fraction of sp³-hybridized carbons (Fsp3) is 0.360. The fourth-order valence-electron chi connectivity index (χ4n) is 4.03. The van der Waals surface area contributed by atoms with Crippen molar-refractivity contribution >= 4 is 21.8 Å². The van der Waals surface area contributed by atoms with E-state index in [2.05, 4.69) is 17.2 Å². The van der Waals surface area contributed by atoms with E-state index in [0.717, 1.165) is 11.3 Å². The summed E-state index contributed by atoms with van der Waals surface area (Å²) in [6, 6.07) is 13.3. The molecule has 1 saturated heterocycles. The first-order chi connectivity index (χ1) is 16.2. The molecular formula is C25H31N3O5S. The van der Waals surface area contributed by atoms with E-state index in [4.69, 9.17) is 4.74 Å². The van der Waals surface area contributed by atoms with Gasteiger partial charge >= 0.3 is 0 Å². The molecule has 2 unspecified atom stereocenters. The maximum Gasteiger partial charge on any atom is 0.251 e. The average Bonchev–Trinajstić information content (AvgIpc) is 2.84. The Kier molecular flexibility index (Phi) is 8.46. The van der Waals surface area contributed by atoms with Gasteiger partial charge in [-0.05, 0) is 74.2 Å². The largest absolute Gasteiger partial charge is 0.497 e. The minimum atomic E-state index is -3.71. The second kappa shape index (κ2) is 11.3. The minimum absolute atomic E-state index is 0.0871. The molecule has 0 aromatic heterocycles. The van der Waals surface area contributed by atoms with E-state index in [0.29, 0.717) is 37.9 Å². The summed E-state index contributed by atoms with van der Waals surface area (Å²) in [6.07, 6.45) is 2.93. The van der Waals surface area contributed by atoms with Crippen LogP contribution in [0, 0.1) is 0 Å². The van der Waals surface area contributed by atoms with Crippen LogP contribution in [0.15, 0.2) is 66.1 Å². The topological polar surface area (TPSA) is 105 Å². The molecule has 0 radical (unpaired) electrons. The van der Waals surface area contributed by atoms with Gasteiger partial charge in [0.05, 0.1) is 12.0 Å². The first-order valence-electron chi connectivity index (χ1n) is 11.2. The lowest BCUT2D eigenvalue weighted by molar-refractivity contribution is -0.117. The number of nitrogens with one attached hydrogen (secondary N) is 2. The van der Waals surface area contributed by atoms with Gasteiger partial charge in [-0.3, -0.25) is 9.59 Å². The van der Waals surface area contributed by atoms with Gasteiger partial charge in [0.2, 0.25) is 15.9 Å². The smallest absolute Gasteiger partial charge is 0.251 e. The fourth-order valence-corrected chi connectivity index (χ4v) is 5.68. The second-order valence-electron chi connectivity index (χ2n) is 8.28. The van der Waals surface area contributed by atoms with E-state index in [-0.39, 0.29) is 28.8 Å². The molecule has 2 aromatic carbocycles. The molecule has 0 aliphatic carbocycles. The van der Waals surface area contributed by atoms with E-state index in [9.17, 15) is 18.0 Å². The molecule has 2 atom stereocenters. The van der Waals surface area contributed by atoms with Gasteiger partial charge in [-0.15, -0.1) is 0 Å². The number of piperidine rings is 1. The van der Waals surface area contributed by atoms with Gasteiger partial charge in [0.25, 0.3) is 5.91 Å². The highest BCUT2D eigenvalue weighted by Gasteiger charge is 2.34. The zero-order valence-corrected chi connectivity index (χ0v) is 20.3. The van der Waals surface area contributed by atoms with Crippen LogP contribution >= 0.6 is 0 Å². The molecule has 9 heteroatoms. The van der Waals surface area contributed by atoms with Crippen LogP contribution in [0.2, 0.25) is 0 Å². The lowest BCUT2D eigenvalue weighted by Gasteiger charge is -2.36. The zero-order valence-electron chi connectivity index (χ0n) is 19.5. The summed E-state index contributed by atoms with van der Waals surface area (Å²) in [4.78, 5) is 24.1. The van der Waals surface area contributed by atoms with Crippen LogP contribution in [0.3, 0.4) is 0 Å². The molecule has 0 saturated carbocycles. The number of sulfonamides is 1. The Morgan fingerprint density at radius 2 is 1.82 bits per heavy atom. The number of rotatable bonds is 9. The van der Waals surface area contributed by atoms with Crippen LogP contribution in [-0.4, -0.2) is 56.8 Å². The Bertz CT molecular complexity index is 1110. The Labute approximate surface area is 201 Å². The summed E-state index contributed by atoms with van der Waals surface area (Å²) in [5.74, 6) is 0.261. The van der Waals surface area contributed by atoms with E-state index < -0.39 is 10.0 Å². The SMILES string of the molecule is C=CC(=O)NC1CCN(S(=O)(=O)c2ccc(C(=O)NCCc3ccc(OC)cc3)cc2)C(C)C1. The van der Waals surface area contributed by atoms with E-state index in [1.807, 2.05) is 31.2 Å². The molecule has 2 aromatic rings. The molecule has 0 bridgehead atoms. The summed E-state index contributed by atoms with van der Waals surface area (Å²) in [5.41, 5.74) is 1.47. The lowest BCUT2D eigenvalue weighted by Crippen LogP contribution is -2.50. The number of amides is 2. The van der Waals surface area contributed by atoms with Crippen LogP contribution in [0.5, 0.6) is 5.75 Å². The van der Waals surface area contributed by atoms with Crippen LogP contribution in [0.1, 0.15) is 35.7 Å². The molecule has 0 spiro atoms. The number of methoxy groups -OCH3 is 1. The van der Waals surface area contributed by atoms with Crippen molar-refractivity contribution in [2.45, 2.75) is 43.2 Å². The third-order valence-electron chi connectivity index (χ3n) is 5.93. The summed E-state index contributed by atoms with van der Waals surface area (Å²) in [6.45, 7) is 6.03. The molecule has 1 heterocycles. The van der Waals surface area contributed by atoms with Crippen molar-refractivity contribution in [2.75, 3.05) is 20.2 Å². The Morgan fingerprint density at radius 1 is 1.15 bits per heavy atom. The van der Waals surface area contributed by atoms with Crippen LogP contribution in [-0.2, 0) is 21.2 Å². The summed E-state index contributed by atoms with van der Waals surface area (Å²) in [7, 11) is -2.10. The van der Waals surface area contributed by atoms with Gasteiger partial charge in [-0.2, -0.15) is 4.31 Å². The summed E-state index contributed by atoms with van der Waals surface area (Å²) in [5, 5.41) is 5.69. The van der Waals surface area contributed by atoms with Crippen LogP contribution in [0.25, 0.3) is 0 Å². The number of carbonyl (C=O) groups is 2. The minimum Gasteiger partial charge on any atom is -0.497 e. The maximum absolute atomic E-state index is 13.2. The van der Waals surface area contributed by atoms with Crippen molar-refractivity contribution in [3.05, 3.63) is 72.3 Å². The predicted octanol–water partition coefficient (Wildman–Crippen LogP) is 2.51. The average molecular weight is 486 g/mol. The molecule has 34 heavy (non-hydrogen) atoms. The van der Waals surface area contributed by atoms with Gasteiger partial charge in [0.1, 0.15) is 5.75 Å². The molecule has 1 aliphatic rings. The third-order valence-corrected chi connectivity index (χ3v) is 7.96. The number of ether oxygens (including phenoxy) is 1. The quantitative estimate of drug-likeness (QED) is 0.531. The van der Waals surface area contributed by atoms with Gasteiger partial charge < -0.3 is 15.4 Å². The molecule has 3 rings (SSSR count). The van der Waals surface area contributed by atoms with Crippen molar-refractivity contribution in [2.24, 2.45) is 0 Å². The standard InChI is InChI=1S/C25H31N3O5S/c1-4-24(29)27-21-14-16-28(18(2)17-21)34(31,32)23-11-7-20(8-12-23)25(30)26-15-13-19-5-9-22(33-3)10-6-19/h4-12,18,21H,1,13-17H2,2-3H3,(H,26,30)(H,27,29). The van der Waals surface area contributed by atoms with Gasteiger partial charge in [-0.1, -0.05) is 18.7 Å². The van der Waals surface area contributed by atoms with E-state index >= 15 is 0 Å². The van der Waals surface area contributed by atoms with Gasteiger partial charge in [0, 0.05) is 30.7 Å². The van der Waals surface area contributed by atoms with Crippen LogP contribution < -0.4 is 15.4 Å². The highest BCUT2D eigenvalue weighted by molar-refractivity contribution is 7.89. The van der Waals surface area contributed by atoms with Crippen molar-refractivity contribution in [3.63, 3.8) is 0 Å². The second-order valence-corrected chi connectivity index (χ2v) is 10.2. The Morgan fingerprint density at radius 3 is 2.41 bits per heavy atom. The number of nitrogens with zero attached hydrogens (tertiary/aromatic N) is 1. The summed E-state index contributed by atoms with van der Waals surface area (Å²) < 4.78 is 32.9. The number of hydrogen-bond donors (Lipinski definition) is 2. The zero-order chi connectivity index (χ0) is 24.7. The van der Waals surface area contributed by atoms with E-state index in [1.165, 1.54) is 34.6 Å². The van der Waals surface area contributed by atoms with Gasteiger partial charge in [0.15, 0.2) is 0 Å². The van der Waals surface area contributed by atoms with Crippen molar-refractivity contribution in [1.82, 2.24) is 14.9 Å². The molecule has 182 valence electrons. The first kappa shape index (κ1) is 25.5. The highest BCUT2D eigenvalue weighted by Crippen LogP contribution is 2.25. The first-order valence-corrected chi connectivity index (χ1v) is 12.6. The molecule has 8 nitrogen and oxygen atoms in total. The Hall–Kier alpha value is -3.17.